The zero-order chi connectivity index (χ0) is 15.4. The Hall–Kier alpha value is -0.877. The Morgan fingerprint density at radius 2 is 1.45 bits per heavy atom. The summed E-state index contributed by atoms with van der Waals surface area (Å²) in [6.07, 6.45) is 5.57. The average Bonchev–Trinajstić information content (AvgIpc) is 3.04. The number of halogens is 2. The summed E-state index contributed by atoms with van der Waals surface area (Å²) in [5.41, 5.74) is 5.51. The van der Waals surface area contributed by atoms with Gasteiger partial charge in [0.05, 0.1) is 0 Å². The van der Waals surface area contributed by atoms with Crippen LogP contribution in [0, 0.1) is 0 Å². The number of benzene rings is 3. The molecule has 0 saturated carbocycles. The second kappa shape index (κ2) is 7.60. The molecule has 22 heavy (non-hydrogen) atoms. The van der Waals surface area contributed by atoms with Crippen molar-refractivity contribution in [2.24, 2.45) is 0 Å². The molecule has 0 radical (unpaired) electrons. The van der Waals surface area contributed by atoms with Gasteiger partial charge in [-0.05, 0) is 39.4 Å². The Balaban J connectivity index is 0.000000446. The van der Waals surface area contributed by atoms with Gasteiger partial charge in [0, 0.05) is 0 Å². The van der Waals surface area contributed by atoms with E-state index in [0.717, 1.165) is 6.42 Å². The minimum atomic E-state index is -0.826. The maximum atomic E-state index is 4.93. The maximum absolute atomic E-state index is 4.93. The molecule has 3 heteroatoms. The van der Waals surface area contributed by atoms with Crippen LogP contribution in [0.15, 0.2) is 66.7 Å². The number of fused-ring (bicyclic) bond motifs is 2. The van der Waals surface area contributed by atoms with Gasteiger partial charge in [0.25, 0.3) is 0 Å². The van der Waals surface area contributed by atoms with Crippen LogP contribution < -0.4 is 0 Å². The van der Waals surface area contributed by atoms with Crippen LogP contribution in [0.1, 0.15) is 11.1 Å². The third kappa shape index (κ3) is 3.23. The molecule has 0 aromatic heterocycles. The second-order valence-corrected chi connectivity index (χ2v) is 8.81. The minimum absolute atomic E-state index is 0.826. The molecule has 0 amide bonds. The topological polar surface area (TPSA) is 0 Å². The summed E-state index contributed by atoms with van der Waals surface area (Å²) in [5, 5.41) is 2.64. The van der Waals surface area contributed by atoms with Crippen molar-refractivity contribution in [3.63, 3.8) is 0 Å². The molecule has 0 bridgehead atoms. The molecular formula is C19H14Cl2Zr. The molecule has 3 aromatic rings. The predicted octanol–water partition coefficient (Wildman–Crippen LogP) is 6.45. The third-order valence-electron chi connectivity index (χ3n) is 3.90. The molecule has 0 N–H and O–H groups in total. The Bertz CT molecular complexity index is 819. The summed E-state index contributed by atoms with van der Waals surface area (Å²) in [6.45, 7) is 0. The summed E-state index contributed by atoms with van der Waals surface area (Å²) >= 11 is -0.826. The molecule has 1 aliphatic carbocycles. The van der Waals surface area contributed by atoms with Gasteiger partial charge in [-0.3, -0.25) is 0 Å². The van der Waals surface area contributed by atoms with Gasteiger partial charge >= 0.3 is 37.9 Å². The van der Waals surface area contributed by atoms with Crippen LogP contribution in [0.2, 0.25) is 0 Å². The predicted molar refractivity (Wildman–Crippen MR) is 93.8 cm³/mol. The van der Waals surface area contributed by atoms with Crippen LogP contribution in [0.5, 0.6) is 0 Å². The first-order valence-electron chi connectivity index (χ1n) is 7.08. The number of hydrogen-bond donors (Lipinski definition) is 0. The van der Waals surface area contributed by atoms with Gasteiger partial charge in [0.1, 0.15) is 0 Å². The molecular weight excluding hydrogens is 390 g/mol. The fourth-order valence-electron chi connectivity index (χ4n) is 2.99. The summed E-state index contributed by atoms with van der Waals surface area (Å²) in [7, 11) is 9.87. The van der Waals surface area contributed by atoms with Crippen molar-refractivity contribution in [2.45, 2.75) is 6.42 Å². The zero-order valence-corrected chi connectivity index (χ0v) is 15.9. The van der Waals surface area contributed by atoms with Crippen LogP contribution >= 0.6 is 17.0 Å². The van der Waals surface area contributed by atoms with Gasteiger partial charge in [0.2, 0.25) is 0 Å². The molecule has 0 aliphatic heterocycles. The first kappa shape index (κ1) is 16.0. The van der Waals surface area contributed by atoms with E-state index in [1.54, 1.807) is 0 Å². The summed E-state index contributed by atoms with van der Waals surface area (Å²) in [6, 6.07) is 21.8. The van der Waals surface area contributed by atoms with Crippen molar-refractivity contribution in [3.8, 4) is 11.1 Å². The van der Waals surface area contributed by atoms with Gasteiger partial charge in [-0.1, -0.05) is 72.8 Å². The van der Waals surface area contributed by atoms with E-state index in [-0.39, 0.29) is 0 Å². The standard InChI is InChI=1S/C19H14.2ClH.Zr/c1-2-10-16-14(6-1)8-4-12-18(16)19-13-5-9-15-7-3-11-17(15)19;;;/h1-6,8-13H,7H2;2*1H;/q;;;+2/p-2. The third-order valence-corrected chi connectivity index (χ3v) is 3.90. The van der Waals surface area contributed by atoms with E-state index in [1.165, 1.54) is 33.0 Å². The second-order valence-electron chi connectivity index (χ2n) is 5.08. The molecule has 0 nitrogen and oxygen atoms in total. The Morgan fingerprint density at radius 3 is 2.32 bits per heavy atom. The van der Waals surface area contributed by atoms with E-state index in [9.17, 15) is 0 Å². The van der Waals surface area contributed by atoms with E-state index in [1.807, 2.05) is 0 Å². The van der Waals surface area contributed by atoms with E-state index in [4.69, 9.17) is 17.0 Å². The van der Waals surface area contributed by atoms with Gasteiger partial charge < -0.3 is 0 Å². The molecule has 0 atom stereocenters. The molecule has 0 saturated heterocycles. The van der Waals surface area contributed by atoms with Crippen LogP contribution in [0.25, 0.3) is 28.0 Å². The molecule has 108 valence electrons. The van der Waals surface area contributed by atoms with E-state index < -0.39 is 20.8 Å². The van der Waals surface area contributed by atoms with Crippen LogP contribution in [-0.2, 0) is 27.3 Å². The van der Waals surface area contributed by atoms with Crippen LogP contribution in [0.4, 0.5) is 0 Å². The van der Waals surface area contributed by atoms with Crippen LogP contribution in [-0.4, -0.2) is 0 Å². The Labute approximate surface area is 149 Å². The first-order valence-corrected chi connectivity index (χ1v) is 13.4. The first-order chi connectivity index (χ1) is 10.8. The van der Waals surface area contributed by atoms with Crippen molar-refractivity contribution in [2.75, 3.05) is 0 Å². The van der Waals surface area contributed by atoms with Gasteiger partial charge in [-0.15, -0.1) is 0 Å². The van der Waals surface area contributed by atoms with Gasteiger partial charge in [-0.2, -0.15) is 0 Å². The summed E-state index contributed by atoms with van der Waals surface area (Å²) < 4.78 is 0. The van der Waals surface area contributed by atoms with Crippen molar-refractivity contribution >= 4 is 33.9 Å². The van der Waals surface area contributed by atoms with Crippen molar-refractivity contribution < 1.29 is 20.8 Å². The quantitative estimate of drug-likeness (QED) is 0.437. The van der Waals surface area contributed by atoms with Gasteiger partial charge in [0.15, 0.2) is 0 Å². The molecule has 3 aromatic carbocycles. The number of rotatable bonds is 1. The zero-order valence-electron chi connectivity index (χ0n) is 11.9. The molecule has 1 aliphatic rings. The fraction of sp³-hybridized carbons (Fsp3) is 0.0526. The fourth-order valence-corrected chi connectivity index (χ4v) is 2.99. The van der Waals surface area contributed by atoms with Gasteiger partial charge in [-0.25, -0.2) is 0 Å². The molecule has 0 unspecified atom stereocenters. The van der Waals surface area contributed by atoms with E-state index in [0.29, 0.717) is 0 Å². The van der Waals surface area contributed by atoms with Crippen molar-refractivity contribution in [3.05, 3.63) is 77.9 Å². The summed E-state index contributed by atoms with van der Waals surface area (Å²) in [4.78, 5) is 0. The van der Waals surface area contributed by atoms with Crippen molar-refractivity contribution in [1.29, 1.82) is 0 Å². The molecule has 4 rings (SSSR count). The summed E-state index contributed by atoms with van der Waals surface area (Å²) in [5.74, 6) is 0. The average molecular weight is 404 g/mol. The Morgan fingerprint density at radius 1 is 0.773 bits per heavy atom. The van der Waals surface area contributed by atoms with E-state index >= 15 is 0 Å². The molecule has 0 heterocycles. The molecule has 0 spiro atoms. The van der Waals surface area contributed by atoms with E-state index in [2.05, 4.69) is 72.8 Å². The van der Waals surface area contributed by atoms with Crippen LogP contribution in [0.3, 0.4) is 0 Å². The Kier molecular flexibility index (Phi) is 5.52. The number of allylic oxidation sites excluding steroid dienone is 1. The SMILES string of the molecule is C1=Cc2c(cccc2-c2cccc3ccccc23)C1.[Cl][Zr][Cl]. The normalized spacial score (nSPS) is 11.7. The molecule has 0 fully saturated rings. The number of hydrogen-bond acceptors (Lipinski definition) is 0. The van der Waals surface area contributed by atoms with Crippen molar-refractivity contribution in [1.82, 2.24) is 0 Å². The monoisotopic (exact) mass is 402 g/mol.